The maximum Gasteiger partial charge on any atom is 0.319 e. The molecule has 0 fully saturated rings. The maximum atomic E-state index is 12.2. The van der Waals surface area contributed by atoms with Crippen LogP contribution in [0.25, 0.3) is 11.1 Å². The number of aryl methyl sites for hydroxylation is 1. The Kier molecular flexibility index (Phi) is 5.75. The standard InChI is InChI=1S/C19H23N3O3/c1-13-12-15(4-5-16(13)14-7-10-20-11-8-14)21-18(25)22-19(2,3)9-6-17(23)24/h4-5,7-8,10-12H,6,9H2,1-3H3,(H,23,24)(H2,21,22,25). The lowest BCUT2D eigenvalue weighted by atomic mass is 9.99. The second-order valence-corrected chi connectivity index (χ2v) is 6.62. The van der Waals surface area contributed by atoms with E-state index < -0.39 is 11.5 Å². The van der Waals surface area contributed by atoms with Gasteiger partial charge in [0.15, 0.2) is 0 Å². The molecule has 0 aliphatic carbocycles. The van der Waals surface area contributed by atoms with Crippen molar-refractivity contribution in [2.75, 3.05) is 5.32 Å². The van der Waals surface area contributed by atoms with E-state index in [0.717, 1.165) is 16.7 Å². The van der Waals surface area contributed by atoms with Crippen LogP contribution in [0.4, 0.5) is 10.5 Å². The van der Waals surface area contributed by atoms with E-state index in [9.17, 15) is 9.59 Å². The molecule has 2 rings (SSSR count). The minimum atomic E-state index is -0.877. The SMILES string of the molecule is Cc1cc(NC(=O)NC(C)(C)CCC(=O)O)ccc1-c1ccncc1. The Balaban J connectivity index is 2.02. The van der Waals surface area contributed by atoms with Gasteiger partial charge in [0.2, 0.25) is 0 Å². The molecule has 0 aliphatic heterocycles. The monoisotopic (exact) mass is 341 g/mol. The highest BCUT2D eigenvalue weighted by atomic mass is 16.4. The molecular weight excluding hydrogens is 318 g/mol. The number of benzene rings is 1. The number of aromatic nitrogens is 1. The van der Waals surface area contributed by atoms with E-state index in [4.69, 9.17) is 5.11 Å². The van der Waals surface area contributed by atoms with Crippen molar-refractivity contribution in [3.8, 4) is 11.1 Å². The highest BCUT2D eigenvalue weighted by Crippen LogP contribution is 2.25. The fraction of sp³-hybridized carbons (Fsp3) is 0.316. The van der Waals surface area contributed by atoms with Crippen molar-refractivity contribution in [3.05, 3.63) is 48.3 Å². The molecule has 1 heterocycles. The van der Waals surface area contributed by atoms with Gasteiger partial charge in [-0.3, -0.25) is 9.78 Å². The van der Waals surface area contributed by atoms with E-state index >= 15 is 0 Å². The third kappa shape index (κ3) is 5.60. The topological polar surface area (TPSA) is 91.3 Å². The van der Waals surface area contributed by atoms with Crippen LogP contribution in [0.1, 0.15) is 32.3 Å². The maximum absolute atomic E-state index is 12.2. The lowest BCUT2D eigenvalue weighted by Gasteiger charge is -2.25. The molecule has 0 spiro atoms. The Bertz CT molecular complexity index is 758. The molecule has 2 amide bonds. The number of aliphatic carboxylic acids is 1. The number of pyridine rings is 1. The number of anilines is 1. The van der Waals surface area contributed by atoms with E-state index in [1.165, 1.54) is 0 Å². The smallest absolute Gasteiger partial charge is 0.319 e. The Morgan fingerprint density at radius 1 is 1.16 bits per heavy atom. The minimum Gasteiger partial charge on any atom is -0.481 e. The molecule has 0 aliphatic rings. The average Bonchev–Trinajstić information content (AvgIpc) is 2.53. The molecule has 25 heavy (non-hydrogen) atoms. The molecule has 0 atom stereocenters. The lowest BCUT2D eigenvalue weighted by molar-refractivity contribution is -0.137. The molecule has 0 unspecified atom stereocenters. The van der Waals surface area contributed by atoms with Crippen LogP contribution < -0.4 is 10.6 Å². The number of hydrogen-bond donors (Lipinski definition) is 3. The van der Waals surface area contributed by atoms with Crippen LogP contribution in [0.3, 0.4) is 0 Å². The summed E-state index contributed by atoms with van der Waals surface area (Å²) in [6.45, 7) is 5.58. The van der Waals surface area contributed by atoms with Gasteiger partial charge in [-0.15, -0.1) is 0 Å². The molecular formula is C19H23N3O3. The first-order chi connectivity index (χ1) is 11.8. The molecule has 6 nitrogen and oxygen atoms in total. The summed E-state index contributed by atoms with van der Waals surface area (Å²) in [6, 6.07) is 9.22. The van der Waals surface area contributed by atoms with Gasteiger partial charge in [-0.2, -0.15) is 0 Å². The van der Waals surface area contributed by atoms with Gasteiger partial charge in [-0.25, -0.2) is 4.79 Å². The highest BCUT2D eigenvalue weighted by molar-refractivity contribution is 5.90. The summed E-state index contributed by atoms with van der Waals surface area (Å²) >= 11 is 0. The average molecular weight is 341 g/mol. The normalized spacial score (nSPS) is 11.0. The predicted octanol–water partition coefficient (Wildman–Crippen LogP) is 3.82. The van der Waals surface area contributed by atoms with E-state index in [1.54, 1.807) is 26.2 Å². The molecule has 0 bridgehead atoms. The Labute approximate surface area is 147 Å². The van der Waals surface area contributed by atoms with E-state index in [0.29, 0.717) is 12.1 Å². The molecule has 0 radical (unpaired) electrons. The molecule has 3 N–H and O–H groups in total. The van der Waals surface area contributed by atoms with E-state index in [2.05, 4.69) is 15.6 Å². The summed E-state index contributed by atoms with van der Waals surface area (Å²) in [7, 11) is 0. The molecule has 1 aromatic heterocycles. The summed E-state index contributed by atoms with van der Waals surface area (Å²) in [5, 5.41) is 14.4. The first-order valence-corrected chi connectivity index (χ1v) is 8.09. The fourth-order valence-electron chi connectivity index (χ4n) is 2.55. The van der Waals surface area contributed by atoms with E-state index in [1.807, 2.05) is 37.3 Å². The summed E-state index contributed by atoms with van der Waals surface area (Å²) in [5.74, 6) is -0.877. The second kappa shape index (κ2) is 7.79. The number of amides is 2. The van der Waals surface area contributed by atoms with Crippen LogP contribution in [0.5, 0.6) is 0 Å². The number of rotatable bonds is 6. The largest absolute Gasteiger partial charge is 0.481 e. The van der Waals surface area contributed by atoms with Gasteiger partial charge in [0.25, 0.3) is 0 Å². The van der Waals surface area contributed by atoms with Gasteiger partial charge in [0, 0.05) is 30.0 Å². The molecule has 132 valence electrons. The number of nitrogens with zero attached hydrogens (tertiary/aromatic N) is 1. The van der Waals surface area contributed by atoms with Gasteiger partial charge in [-0.1, -0.05) is 6.07 Å². The second-order valence-electron chi connectivity index (χ2n) is 6.62. The van der Waals surface area contributed by atoms with Crippen LogP contribution in [0.2, 0.25) is 0 Å². The van der Waals surface area contributed by atoms with Crippen LogP contribution >= 0.6 is 0 Å². The lowest BCUT2D eigenvalue weighted by Crippen LogP contribution is -2.45. The zero-order valence-corrected chi connectivity index (χ0v) is 14.7. The van der Waals surface area contributed by atoms with Crippen molar-refractivity contribution in [2.45, 2.75) is 39.2 Å². The van der Waals surface area contributed by atoms with Crippen molar-refractivity contribution in [3.63, 3.8) is 0 Å². The molecule has 6 heteroatoms. The molecule has 2 aromatic rings. The summed E-state index contributed by atoms with van der Waals surface area (Å²) < 4.78 is 0. The van der Waals surface area contributed by atoms with Crippen molar-refractivity contribution in [1.82, 2.24) is 10.3 Å². The summed E-state index contributed by atoms with van der Waals surface area (Å²) in [4.78, 5) is 26.9. The first-order valence-electron chi connectivity index (χ1n) is 8.09. The number of carboxylic acids is 1. The number of carbonyl (C=O) groups excluding carboxylic acids is 1. The Morgan fingerprint density at radius 2 is 1.84 bits per heavy atom. The van der Waals surface area contributed by atoms with E-state index in [-0.39, 0.29) is 12.5 Å². The number of carboxylic acid groups (broad SMARTS) is 1. The van der Waals surface area contributed by atoms with Gasteiger partial charge >= 0.3 is 12.0 Å². The van der Waals surface area contributed by atoms with Gasteiger partial charge in [0.1, 0.15) is 0 Å². The number of carbonyl (C=O) groups is 2. The Morgan fingerprint density at radius 3 is 2.44 bits per heavy atom. The number of urea groups is 1. The van der Waals surface area contributed by atoms with Gasteiger partial charge in [0.05, 0.1) is 0 Å². The van der Waals surface area contributed by atoms with Crippen molar-refractivity contribution in [2.24, 2.45) is 0 Å². The third-order valence-electron chi connectivity index (χ3n) is 3.89. The van der Waals surface area contributed by atoms with Crippen molar-refractivity contribution < 1.29 is 14.7 Å². The van der Waals surface area contributed by atoms with Crippen LogP contribution in [0.15, 0.2) is 42.7 Å². The quantitative estimate of drug-likeness (QED) is 0.745. The molecule has 0 saturated carbocycles. The minimum absolute atomic E-state index is 0.00696. The number of hydrogen-bond acceptors (Lipinski definition) is 3. The molecule has 0 saturated heterocycles. The van der Waals surface area contributed by atoms with Crippen molar-refractivity contribution >= 4 is 17.7 Å². The zero-order valence-electron chi connectivity index (χ0n) is 14.7. The van der Waals surface area contributed by atoms with Gasteiger partial charge in [-0.05, 0) is 68.1 Å². The van der Waals surface area contributed by atoms with Crippen molar-refractivity contribution in [1.29, 1.82) is 0 Å². The summed E-state index contributed by atoms with van der Waals surface area (Å²) in [5.41, 5.74) is 3.26. The zero-order chi connectivity index (χ0) is 18.4. The van der Waals surface area contributed by atoms with Gasteiger partial charge < -0.3 is 15.7 Å². The predicted molar refractivity (Wildman–Crippen MR) is 97.5 cm³/mol. The highest BCUT2D eigenvalue weighted by Gasteiger charge is 2.21. The van der Waals surface area contributed by atoms with Crippen LogP contribution in [-0.2, 0) is 4.79 Å². The fourth-order valence-corrected chi connectivity index (χ4v) is 2.55. The first kappa shape index (κ1) is 18.4. The Hall–Kier alpha value is -2.89. The summed E-state index contributed by atoms with van der Waals surface area (Å²) in [6.07, 6.45) is 3.85. The molecule has 1 aromatic carbocycles. The van der Waals surface area contributed by atoms with Crippen LogP contribution in [-0.4, -0.2) is 27.6 Å². The number of nitrogens with one attached hydrogen (secondary N) is 2. The van der Waals surface area contributed by atoms with Crippen LogP contribution in [0, 0.1) is 6.92 Å². The third-order valence-corrected chi connectivity index (χ3v) is 3.89.